The molecule has 0 aromatic heterocycles. The van der Waals surface area contributed by atoms with E-state index in [0.29, 0.717) is 13.0 Å². The Morgan fingerprint density at radius 3 is 2.52 bits per heavy atom. The predicted molar refractivity (Wildman–Crippen MR) is 87.1 cm³/mol. The molecule has 4 heteroatoms. The molecule has 0 N–H and O–H groups in total. The van der Waals surface area contributed by atoms with Crippen LogP contribution >= 0.6 is 0 Å². The fourth-order valence-corrected chi connectivity index (χ4v) is 2.54. The van der Waals surface area contributed by atoms with Gasteiger partial charge in [0, 0.05) is 0 Å². The maximum Gasteiger partial charge on any atom is 0.306 e. The summed E-state index contributed by atoms with van der Waals surface area (Å²) in [5.74, 6) is 0.0842. The zero-order valence-corrected chi connectivity index (χ0v) is 13.4. The summed E-state index contributed by atoms with van der Waals surface area (Å²) >= 11 is 0. The predicted octanol–water partition coefficient (Wildman–Crippen LogP) is 4.11. The van der Waals surface area contributed by atoms with Gasteiger partial charge in [-0.1, -0.05) is 24.3 Å². The highest BCUT2D eigenvalue weighted by Gasteiger charge is 2.18. The molecule has 0 radical (unpaired) electrons. The highest BCUT2D eigenvalue weighted by Crippen LogP contribution is 2.26. The van der Waals surface area contributed by atoms with Crippen LogP contribution < -0.4 is 4.74 Å². The summed E-state index contributed by atoms with van der Waals surface area (Å²) in [6, 6.07) is 14.1. The van der Waals surface area contributed by atoms with Gasteiger partial charge in [0.15, 0.2) is 0 Å². The van der Waals surface area contributed by atoms with E-state index in [1.807, 2.05) is 30.3 Å². The fraction of sp³-hybridized carbons (Fsp3) is 0.316. The van der Waals surface area contributed by atoms with E-state index in [1.165, 1.54) is 12.1 Å². The third-order valence-corrected chi connectivity index (χ3v) is 3.68. The van der Waals surface area contributed by atoms with Crippen LogP contribution in [0.2, 0.25) is 0 Å². The number of halogens is 1. The lowest BCUT2D eigenvalue weighted by Crippen LogP contribution is -2.13. The number of carbonyl (C=O) groups excluding carboxylic acids is 1. The molecule has 0 aliphatic rings. The Bertz CT molecular complexity index is 637. The summed E-state index contributed by atoms with van der Waals surface area (Å²) in [6.07, 6.45) is 0.857. The first kappa shape index (κ1) is 17.0. The summed E-state index contributed by atoms with van der Waals surface area (Å²) in [7, 11) is 1.62. The molecule has 0 saturated heterocycles. The maximum atomic E-state index is 13.5. The molecule has 2 rings (SSSR count). The van der Waals surface area contributed by atoms with Crippen molar-refractivity contribution in [3.63, 3.8) is 0 Å². The van der Waals surface area contributed by atoms with E-state index in [1.54, 1.807) is 20.1 Å². The van der Waals surface area contributed by atoms with Gasteiger partial charge in [0.1, 0.15) is 11.6 Å². The van der Waals surface area contributed by atoms with Crippen LogP contribution in [0.25, 0.3) is 0 Å². The fourth-order valence-electron chi connectivity index (χ4n) is 2.54. The number of methoxy groups -OCH3 is 1. The first-order chi connectivity index (χ1) is 11.1. The second kappa shape index (κ2) is 8.32. The molecule has 0 heterocycles. The van der Waals surface area contributed by atoms with Gasteiger partial charge in [0.05, 0.1) is 20.1 Å². The Morgan fingerprint density at radius 2 is 1.91 bits per heavy atom. The Kier molecular flexibility index (Phi) is 6.15. The number of benzene rings is 2. The zero-order valence-electron chi connectivity index (χ0n) is 13.4. The van der Waals surface area contributed by atoms with Gasteiger partial charge in [-0.05, 0) is 54.7 Å². The molecule has 0 amide bonds. The van der Waals surface area contributed by atoms with Crippen LogP contribution in [-0.2, 0) is 16.0 Å². The van der Waals surface area contributed by atoms with E-state index < -0.39 is 0 Å². The van der Waals surface area contributed by atoms with Crippen molar-refractivity contribution < 1.29 is 18.7 Å². The molecule has 0 spiro atoms. The molecule has 2 aromatic rings. The lowest BCUT2D eigenvalue weighted by Gasteiger charge is -2.17. The van der Waals surface area contributed by atoms with Crippen LogP contribution in [0.3, 0.4) is 0 Å². The van der Waals surface area contributed by atoms with Crippen molar-refractivity contribution in [3.8, 4) is 5.75 Å². The van der Waals surface area contributed by atoms with Crippen molar-refractivity contribution in [2.75, 3.05) is 13.7 Å². The summed E-state index contributed by atoms with van der Waals surface area (Å²) in [5.41, 5.74) is 1.86. The molecule has 1 atom stereocenters. The summed E-state index contributed by atoms with van der Waals surface area (Å²) in [5, 5.41) is 0. The molecule has 122 valence electrons. The third-order valence-electron chi connectivity index (χ3n) is 3.68. The topological polar surface area (TPSA) is 35.5 Å². The molecule has 23 heavy (non-hydrogen) atoms. The summed E-state index contributed by atoms with van der Waals surface area (Å²) in [4.78, 5) is 11.9. The number of rotatable bonds is 7. The molecule has 0 fully saturated rings. The monoisotopic (exact) mass is 316 g/mol. The van der Waals surface area contributed by atoms with E-state index in [4.69, 9.17) is 9.47 Å². The maximum absolute atomic E-state index is 13.5. The van der Waals surface area contributed by atoms with Crippen molar-refractivity contribution in [2.45, 2.75) is 25.7 Å². The first-order valence-electron chi connectivity index (χ1n) is 7.66. The minimum Gasteiger partial charge on any atom is -0.497 e. The van der Waals surface area contributed by atoms with Gasteiger partial charge in [-0.25, -0.2) is 4.39 Å². The van der Waals surface area contributed by atoms with Crippen LogP contribution in [0.1, 0.15) is 30.4 Å². The van der Waals surface area contributed by atoms with Gasteiger partial charge in [-0.2, -0.15) is 0 Å². The minimum atomic E-state index is -0.300. The van der Waals surface area contributed by atoms with Crippen LogP contribution in [0.5, 0.6) is 5.75 Å². The zero-order chi connectivity index (χ0) is 16.7. The number of ether oxygens (including phenoxy) is 2. The third kappa shape index (κ3) is 5.09. The second-order valence-corrected chi connectivity index (χ2v) is 5.31. The summed E-state index contributed by atoms with van der Waals surface area (Å²) in [6.45, 7) is 2.12. The molecular formula is C19H21FO3. The Morgan fingerprint density at radius 1 is 1.17 bits per heavy atom. The SMILES string of the molecule is CCOC(=O)C[C@H](Cc1ccc(OC)cc1)c1cccc(F)c1. The highest BCUT2D eigenvalue weighted by atomic mass is 19.1. The van der Waals surface area contributed by atoms with Crippen LogP contribution in [-0.4, -0.2) is 19.7 Å². The van der Waals surface area contributed by atoms with Gasteiger partial charge in [0.25, 0.3) is 0 Å². The van der Waals surface area contributed by atoms with Crippen LogP contribution in [0.4, 0.5) is 4.39 Å². The molecule has 2 aromatic carbocycles. The van der Waals surface area contributed by atoms with Gasteiger partial charge < -0.3 is 9.47 Å². The van der Waals surface area contributed by atoms with E-state index in [0.717, 1.165) is 16.9 Å². The van der Waals surface area contributed by atoms with E-state index in [2.05, 4.69) is 0 Å². The van der Waals surface area contributed by atoms with Crippen LogP contribution in [0.15, 0.2) is 48.5 Å². The Labute approximate surface area is 136 Å². The van der Waals surface area contributed by atoms with Crippen molar-refractivity contribution in [1.29, 1.82) is 0 Å². The summed E-state index contributed by atoms with van der Waals surface area (Å²) < 4.78 is 23.7. The highest BCUT2D eigenvalue weighted by molar-refractivity contribution is 5.70. The number of hydrogen-bond acceptors (Lipinski definition) is 3. The molecular weight excluding hydrogens is 295 g/mol. The second-order valence-electron chi connectivity index (χ2n) is 5.31. The van der Waals surface area contributed by atoms with Gasteiger partial charge in [-0.15, -0.1) is 0 Å². The average Bonchev–Trinajstić information content (AvgIpc) is 2.55. The molecule has 3 nitrogen and oxygen atoms in total. The molecule has 0 aliphatic heterocycles. The lowest BCUT2D eigenvalue weighted by atomic mass is 9.89. The van der Waals surface area contributed by atoms with E-state index in [-0.39, 0.29) is 24.1 Å². The Balaban J connectivity index is 2.19. The average molecular weight is 316 g/mol. The lowest BCUT2D eigenvalue weighted by molar-refractivity contribution is -0.143. The van der Waals surface area contributed by atoms with Crippen molar-refractivity contribution in [3.05, 3.63) is 65.5 Å². The smallest absolute Gasteiger partial charge is 0.306 e. The van der Waals surface area contributed by atoms with Crippen molar-refractivity contribution in [2.24, 2.45) is 0 Å². The number of hydrogen-bond donors (Lipinski definition) is 0. The van der Waals surface area contributed by atoms with Gasteiger partial charge in [-0.3, -0.25) is 4.79 Å². The van der Waals surface area contributed by atoms with E-state index in [9.17, 15) is 9.18 Å². The molecule has 0 saturated carbocycles. The molecule has 0 aliphatic carbocycles. The normalized spacial score (nSPS) is 11.8. The van der Waals surface area contributed by atoms with Crippen molar-refractivity contribution in [1.82, 2.24) is 0 Å². The number of carbonyl (C=O) groups is 1. The van der Waals surface area contributed by atoms with Crippen molar-refractivity contribution >= 4 is 5.97 Å². The quantitative estimate of drug-likeness (QED) is 0.721. The van der Waals surface area contributed by atoms with Gasteiger partial charge >= 0.3 is 5.97 Å². The minimum absolute atomic E-state index is 0.127. The van der Waals surface area contributed by atoms with Crippen LogP contribution in [0, 0.1) is 5.82 Å². The Hall–Kier alpha value is -2.36. The first-order valence-corrected chi connectivity index (χ1v) is 7.66. The van der Waals surface area contributed by atoms with Gasteiger partial charge in [0.2, 0.25) is 0 Å². The van der Waals surface area contributed by atoms with E-state index >= 15 is 0 Å². The molecule has 0 unspecified atom stereocenters. The largest absolute Gasteiger partial charge is 0.497 e. The standard InChI is InChI=1S/C19H21FO3/c1-3-23-19(21)13-16(15-5-4-6-17(20)12-15)11-14-7-9-18(22-2)10-8-14/h4-10,12,16H,3,11,13H2,1-2H3/t16-/m0/s1. The molecule has 0 bridgehead atoms. The number of esters is 1.